The van der Waals surface area contributed by atoms with Crippen molar-refractivity contribution in [1.82, 2.24) is 9.97 Å². The summed E-state index contributed by atoms with van der Waals surface area (Å²) in [7, 11) is -2.40. The number of rotatable bonds is 8. The Morgan fingerprint density at radius 2 is 1.64 bits per heavy atom. The lowest BCUT2D eigenvalue weighted by Crippen LogP contribution is -2.17. The molecule has 0 atom stereocenters. The molecule has 3 rings (SSSR count). The van der Waals surface area contributed by atoms with Gasteiger partial charge in [-0.15, -0.1) is 0 Å². The number of benzene rings is 2. The average Bonchev–Trinajstić information content (AvgIpc) is 2.73. The van der Waals surface area contributed by atoms with Gasteiger partial charge >= 0.3 is 0 Å². The van der Waals surface area contributed by atoms with Crippen LogP contribution < -0.4 is 20.1 Å². The minimum absolute atomic E-state index is 0.101. The van der Waals surface area contributed by atoms with Crippen molar-refractivity contribution in [3.63, 3.8) is 0 Å². The summed E-state index contributed by atoms with van der Waals surface area (Å²) in [5.74, 6) is 1.49. The molecule has 0 unspecified atom stereocenters. The lowest BCUT2D eigenvalue weighted by atomic mass is 9.87. The van der Waals surface area contributed by atoms with Gasteiger partial charge in [0.1, 0.15) is 16.5 Å². The second-order valence-corrected chi connectivity index (χ2v) is 10.3. The van der Waals surface area contributed by atoms with E-state index in [0.717, 1.165) is 29.3 Å². The number of ether oxygens (including phenoxy) is 1. The van der Waals surface area contributed by atoms with Gasteiger partial charge < -0.3 is 15.4 Å². The van der Waals surface area contributed by atoms with Crippen molar-refractivity contribution in [2.45, 2.75) is 44.9 Å². The first kappa shape index (κ1) is 24.3. The van der Waals surface area contributed by atoms with Crippen LogP contribution in [-0.4, -0.2) is 32.0 Å². The zero-order chi connectivity index (χ0) is 24.2. The summed E-state index contributed by atoms with van der Waals surface area (Å²) in [6, 6.07) is 14.0. The Kier molecular flexibility index (Phi) is 7.12. The summed E-state index contributed by atoms with van der Waals surface area (Å²) < 4.78 is 34.2. The normalized spacial score (nSPS) is 11.7. The molecule has 0 aliphatic rings. The molecule has 0 radical (unpaired) electrons. The van der Waals surface area contributed by atoms with Crippen LogP contribution in [0.1, 0.15) is 39.0 Å². The fourth-order valence-electron chi connectivity index (χ4n) is 3.21. The molecule has 0 fully saturated rings. The molecule has 3 aromatic rings. The van der Waals surface area contributed by atoms with Gasteiger partial charge in [0.2, 0.25) is 5.95 Å². The van der Waals surface area contributed by atoms with Gasteiger partial charge in [-0.2, -0.15) is 4.98 Å². The van der Waals surface area contributed by atoms with Gasteiger partial charge in [0.25, 0.3) is 10.0 Å². The topological polar surface area (TPSA) is 105 Å². The molecule has 9 heteroatoms. The molecular weight excluding hydrogens is 438 g/mol. The summed E-state index contributed by atoms with van der Waals surface area (Å²) in [5.41, 5.74) is 2.70. The van der Waals surface area contributed by atoms with Crippen LogP contribution in [0.2, 0.25) is 0 Å². The number of nitrogens with zero attached hydrogens (tertiary/aromatic N) is 2. The average molecular weight is 470 g/mol. The van der Waals surface area contributed by atoms with E-state index in [9.17, 15) is 8.42 Å². The first-order valence-corrected chi connectivity index (χ1v) is 12.2. The molecule has 0 aliphatic carbocycles. The number of anilines is 4. The van der Waals surface area contributed by atoms with Crippen molar-refractivity contribution >= 4 is 33.2 Å². The quantitative estimate of drug-likeness (QED) is 0.423. The molecular formula is C24H31N5O3S. The van der Waals surface area contributed by atoms with E-state index in [2.05, 4.69) is 25.3 Å². The summed E-state index contributed by atoms with van der Waals surface area (Å²) >= 11 is 0. The zero-order valence-corrected chi connectivity index (χ0v) is 20.7. The molecule has 0 bridgehead atoms. The van der Waals surface area contributed by atoms with E-state index >= 15 is 0 Å². The van der Waals surface area contributed by atoms with Crippen molar-refractivity contribution in [3.05, 3.63) is 59.8 Å². The molecule has 0 amide bonds. The predicted molar refractivity (Wildman–Crippen MR) is 133 cm³/mol. The van der Waals surface area contributed by atoms with E-state index in [1.807, 2.05) is 46.8 Å². The molecule has 8 nitrogen and oxygen atoms in total. The van der Waals surface area contributed by atoms with Crippen molar-refractivity contribution in [2.75, 3.05) is 29.0 Å². The van der Waals surface area contributed by atoms with Gasteiger partial charge in [0, 0.05) is 29.7 Å². The van der Waals surface area contributed by atoms with E-state index in [1.54, 1.807) is 36.4 Å². The van der Waals surface area contributed by atoms with Gasteiger partial charge in [0.05, 0.1) is 7.11 Å². The monoisotopic (exact) mass is 469 g/mol. The maximum atomic E-state index is 13.1. The molecule has 1 heterocycles. The van der Waals surface area contributed by atoms with Crippen LogP contribution in [0.3, 0.4) is 0 Å². The highest BCUT2D eigenvalue weighted by atomic mass is 32.2. The first-order chi connectivity index (χ1) is 15.5. The summed E-state index contributed by atoms with van der Waals surface area (Å²) in [4.78, 5) is 8.92. The van der Waals surface area contributed by atoms with Crippen LogP contribution in [0.25, 0.3) is 0 Å². The fourth-order valence-corrected chi connectivity index (χ4v) is 4.46. The molecule has 2 aromatic carbocycles. The van der Waals surface area contributed by atoms with Crippen LogP contribution in [0.15, 0.2) is 53.4 Å². The molecule has 176 valence electrons. The molecule has 0 spiro atoms. The SMILES string of the molecule is CCNc1cc(C)nc(Nc2ccc(NS(=O)(=O)c3cc(C(C)(C)C)ccc3OC)cc2)n1. The molecule has 33 heavy (non-hydrogen) atoms. The van der Waals surface area contributed by atoms with Crippen LogP contribution in [0, 0.1) is 6.92 Å². The number of nitrogens with one attached hydrogen (secondary N) is 3. The van der Waals surface area contributed by atoms with Crippen molar-refractivity contribution in [2.24, 2.45) is 0 Å². The molecule has 0 saturated carbocycles. The summed E-state index contributed by atoms with van der Waals surface area (Å²) in [6.07, 6.45) is 0. The maximum Gasteiger partial charge on any atom is 0.265 e. The number of hydrogen-bond donors (Lipinski definition) is 3. The number of methoxy groups -OCH3 is 1. The van der Waals surface area contributed by atoms with Crippen molar-refractivity contribution in [1.29, 1.82) is 0 Å². The van der Waals surface area contributed by atoms with Gasteiger partial charge in [-0.3, -0.25) is 4.72 Å². The Balaban J connectivity index is 1.81. The van der Waals surface area contributed by atoms with Crippen LogP contribution >= 0.6 is 0 Å². The molecule has 3 N–H and O–H groups in total. The largest absolute Gasteiger partial charge is 0.495 e. The summed E-state index contributed by atoms with van der Waals surface area (Å²) in [6.45, 7) is 10.7. The Labute approximate surface area is 195 Å². The van der Waals surface area contributed by atoms with Crippen molar-refractivity contribution in [3.8, 4) is 5.75 Å². The van der Waals surface area contributed by atoms with Gasteiger partial charge in [-0.05, 0) is 61.2 Å². The lowest BCUT2D eigenvalue weighted by molar-refractivity contribution is 0.402. The van der Waals surface area contributed by atoms with Crippen LogP contribution in [0.5, 0.6) is 5.75 Å². The van der Waals surface area contributed by atoms with E-state index in [0.29, 0.717) is 17.4 Å². The van der Waals surface area contributed by atoms with Crippen LogP contribution in [0.4, 0.5) is 23.1 Å². The number of aryl methyl sites for hydroxylation is 1. The standard InChI is InChI=1S/C24H31N5O3S/c1-7-25-22-14-16(2)26-23(28-22)27-18-9-11-19(12-10-18)29-33(30,31)21-15-17(24(3,4)5)8-13-20(21)32-6/h8-15,29H,7H2,1-6H3,(H2,25,26,27,28). The number of sulfonamides is 1. The lowest BCUT2D eigenvalue weighted by Gasteiger charge is -2.21. The molecule has 1 aromatic heterocycles. The highest BCUT2D eigenvalue weighted by Gasteiger charge is 2.23. The van der Waals surface area contributed by atoms with E-state index in [4.69, 9.17) is 4.74 Å². The third kappa shape index (κ3) is 6.13. The first-order valence-electron chi connectivity index (χ1n) is 10.7. The highest BCUT2D eigenvalue weighted by molar-refractivity contribution is 7.92. The van der Waals surface area contributed by atoms with E-state index < -0.39 is 10.0 Å². The number of aromatic nitrogens is 2. The second kappa shape index (κ2) is 9.66. The molecule has 0 saturated heterocycles. The van der Waals surface area contributed by atoms with Gasteiger partial charge in [0.15, 0.2) is 0 Å². The third-order valence-corrected chi connectivity index (χ3v) is 6.33. The van der Waals surface area contributed by atoms with E-state index in [-0.39, 0.29) is 10.3 Å². The highest BCUT2D eigenvalue weighted by Crippen LogP contribution is 2.32. The van der Waals surface area contributed by atoms with Gasteiger partial charge in [-0.1, -0.05) is 26.8 Å². The Morgan fingerprint density at radius 3 is 2.24 bits per heavy atom. The second-order valence-electron chi connectivity index (χ2n) is 8.67. The third-order valence-electron chi connectivity index (χ3n) is 4.92. The zero-order valence-electron chi connectivity index (χ0n) is 19.9. The van der Waals surface area contributed by atoms with Gasteiger partial charge in [-0.25, -0.2) is 13.4 Å². The minimum Gasteiger partial charge on any atom is -0.495 e. The molecule has 0 aliphatic heterocycles. The predicted octanol–water partition coefficient (Wildman–Crippen LogP) is 5.07. The summed E-state index contributed by atoms with van der Waals surface area (Å²) in [5, 5.41) is 6.32. The smallest absolute Gasteiger partial charge is 0.265 e. The van der Waals surface area contributed by atoms with Crippen LogP contribution in [-0.2, 0) is 15.4 Å². The Hall–Kier alpha value is -3.33. The number of hydrogen-bond acceptors (Lipinski definition) is 7. The maximum absolute atomic E-state index is 13.1. The Morgan fingerprint density at radius 1 is 0.970 bits per heavy atom. The minimum atomic E-state index is -3.86. The fraction of sp³-hybridized carbons (Fsp3) is 0.333. The van der Waals surface area contributed by atoms with Crippen molar-refractivity contribution < 1.29 is 13.2 Å². The van der Waals surface area contributed by atoms with E-state index in [1.165, 1.54) is 7.11 Å². The Bertz CT molecular complexity index is 1220.